The molecule has 1 rings (SSSR count). The molecule has 1 unspecified atom stereocenters. The van der Waals surface area contributed by atoms with Crippen LogP contribution < -0.4 is 11.3 Å². The fourth-order valence-corrected chi connectivity index (χ4v) is 2.44. The van der Waals surface area contributed by atoms with Gasteiger partial charge in [0.05, 0.1) is 0 Å². The van der Waals surface area contributed by atoms with Gasteiger partial charge in [0.2, 0.25) is 0 Å². The third-order valence-electron chi connectivity index (χ3n) is 3.46. The van der Waals surface area contributed by atoms with Crippen LogP contribution in [0.25, 0.3) is 0 Å². The molecule has 3 N–H and O–H groups in total. The zero-order chi connectivity index (χ0) is 12.3. The van der Waals surface area contributed by atoms with Crippen molar-refractivity contribution in [1.82, 2.24) is 5.43 Å². The lowest BCUT2D eigenvalue weighted by molar-refractivity contribution is 0.141. The minimum atomic E-state index is 0.355. The zero-order valence-electron chi connectivity index (χ0n) is 11.2. The summed E-state index contributed by atoms with van der Waals surface area (Å²) >= 11 is 0. The second-order valence-electron chi connectivity index (χ2n) is 4.79. The quantitative estimate of drug-likeness (QED) is 0.311. The molecule has 0 heterocycles. The van der Waals surface area contributed by atoms with Gasteiger partial charge >= 0.3 is 0 Å². The molecule has 0 aliphatic heterocycles. The molecule has 0 spiro atoms. The minimum absolute atomic E-state index is 0.355. The summed E-state index contributed by atoms with van der Waals surface area (Å²) in [5.74, 6) is 5.68. The van der Waals surface area contributed by atoms with Crippen molar-refractivity contribution in [2.24, 2.45) is 5.84 Å². The van der Waals surface area contributed by atoms with E-state index in [1.165, 1.54) is 44.1 Å². The number of ether oxygens (including phenoxy) is 1. The van der Waals surface area contributed by atoms with E-state index in [0.717, 1.165) is 26.1 Å². The average Bonchev–Trinajstić information content (AvgIpc) is 2.30. The highest BCUT2D eigenvalue weighted by molar-refractivity contribution is 5.11. The van der Waals surface area contributed by atoms with E-state index in [2.05, 4.69) is 11.5 Å². The van der Waals surface area contributed by atoms with Gasteiger partial charge in [-0.1, -0.05) is 24.5 Å². The van der Waals surface area contributed by atoms with E-state index in [0.29, 0.717) is 6.04 Å². The van der Waals surface area contributed by atoms with Crippen molar-refractivity contribution >= 4 is 0 Å². The van der Waals surface area contributed by atoms with Gasteiger partial charge in [0.1, 0.15) is 0 Å². The predicted octanol–water partition coefficient (Wildman–Crippen LogP) is 2.92. The summed E-state index contributed by atoms with van der Waals surface area (Å²) in [7, 11) is 0. The zero-order valence-corrected chi connectivity index (χ0v) is 11.2. The van der Waals surface area contributed by atoms with Gasteiger partial charge in [-0.05, 0) is 45.4 Å². The molecule has 0 fully saturated rings. The third-order valence-corrected chi connectivity index (χ3v) is 3.46. The first-order valence-corrected chi connectivity index (χ1v) is 7.11. The van der Waals surface area contributed by atoms with Crippen molar-refractivity contribution < 1.29 is 4.74 Å². The van der Waals surface area contributed by atoms with Crippen LogP contribution >= 0.6 is 0 Å². The van der Waals surface area contributed by atoms with Gasteiger partial charge < -0.3 is 4.74 Å². The van der Waals surface area contributed by atoms with Crippen LogP contribution in [0.4, 0.5) is 0 Å². The second kappa shape index (κ2) is 9.63. The summed E-state index contributed by atoms with van der Waals surface area (Å²) < 4.78 is 5.37. The Labute approximate surface area is 106 Å². The lowest BCUT2D eigenvalue weighted by Gasteiger charge is -2.21. The third kappa shape index (κ3) is 6.20. The number of nitrogens with two attached hydrogens (primary N) is 1. The second-order valence-corrected chi connectivity index (χ2v) is 4.79. The van der Waals surface area contributed by atoms with Gasteiger partial charge in [0.25, 0.3) is 0 Å². The molecule has 3 heteroatoms. The molecule has 1 aliphatic carbocycles. The van der Waals surface area contributed by atoms with E-state index in [9.17, 15) is 0 Å². The van der Waals surface area contributed by atoms with Gasteiger partial charge in [-0.3, -0.25) is 11.3 Å². The smallest absolute Gasteiger partial charge is 0.0466 e. The molecule has 0 amide bonds. The normalized spacial score (nSPS) is 19.3. The molecule has 0 saturated heterocycles. The maximum absolute atomic E-state index is 5.68. The van der Waals surface area contributed by atoms with Crippen LogP contribution in [0.2, 0.25) is 0 Å². The Bertz CT molecular complexity index is 216. The fourth-order valence-electron chi connectivity index (χ4n) is 2.44. The van der Waals surface area contributed by atoms with Crippen molar-refractivity contribution in [3.63, 3.8) is 0 Å². The van der Waals surface area contributed by atoms with Crippen LogP contribution in [0.5, 0.6) is 0 Å². The van der Waals surface area contributed by atoms with Crippen LogP contribution in [-0.4, -0.2) is 19.3 Å². The Hall–Kier alpha value is -0.380. The Balaban J connectivity index is 2.35. The molecule has 0 radical (unpaired) electrons. The predicted molar refractivity (Wildman–Crippen MR) is 72.6 cm³/mol. The van der Waals surface area contributed by atoms with Crippen LogP contribution in [0, 0.1) is 0 Å². The van der Waals surface area contributed by atoms with Gasteiger partial charge in [0.15, 0.2) is 0 Å². The molecule has 17 heavy (non-hydrogen) atoms. The molecule has 0 bridgehead atoms. The van der Waals surface area contributed by atoms with Gasteiger partial charge in [-0.25, -0.2) is 0 Å². The van der Waals surface area contributed by atoms with Crippen LogP contribution in [0.3, 0.4) is 0 Å². The molecule has 0 saturated carbocycles. The molecule has 1 aliphatic rings. The van der Waals surface area contributed by atoms with E-state index in [4.69, 9.17) is 10.6 Å². The van der Waals surface area contributed by atoms with E-state index < -0.39 is 0 Å². The number of hydrazine groups is 1. The molecular formula is C14H28N2O. The van der Waals surface area contributed by atoms with Gasteiger partial charge in [-0.2, -0.15) is 0 Å². The summed E-state index contributed by atoms with van der Waals surface area (Å²) in [6.45, 7) is 3.70. The number of allylic oxidation sites excluding steroid dienone is 1. The van der Waals surface area contributed by atoms with Crippen LogP contribution in [0.15, 0.2) is 11.6 Å². The van der Waals surface area contributed by atoms with Crippen molar-refractivity contribution in [3.05, 3.63) is 11.6 Å². The topological polar surface area (TPSA) is 47.3 Å². The largest absolute Gasteiger partial charge is 0.382 e. The number of hydrogen-bond acceptors (Lipinski definition) is 3. The van der Waals surface area contributed by atoms with E-state index in [-0.39, 0.29) is 0 Å². The first-order chi connectivity index (χ1) is 8.38. The maximum Gasteiger partial charge on any atom is 0.0466 e. The maximum atomic E-state index is 5.68. The van der Waals surface area contributed by atoms with Crippen molar-refractivity contribution in [2.75, 3.05) is 13.2 Å². The Morgan fingerprint density at radius 1 is 1.35 bits per heavy atom. The summed E-state index contributed by atoms with van der Waals surface area (Å²) in [6.07, 6.45) is 12.4. The molecule has 0 aromatic rings. The number of rotatable bonds is 7. The highest BCUT2D eigenvalue weighted by Crippen LogP contribution is 2.21. The highest BCUT2D eigenvalue weighted by Gasteiger charge is 2.13. The minimum Gasteiger partial charge on any atom is -0.382 e. The van der Waals surface area contributed by atoms with E-state index in [1.54, 1.807) is 0 Å². The Morgan fingerprint density at radius 2 is 2.18 bits per heavy atom. The van der Waals surface area contributed by atoms with E-state index in [1.807, 2.05) is 6.92 Å². The molecular weight excluding hydrogens is 212 g/mol. The lowest BCUT2D eigenvalue weighted by atomic mass is 9.93. The molecule has 3 nitrogen and oxygen atoms in total. The van der Waals surface area contributed by atoms with Gasteiger partial charge in [-0.15, -0.1) is 0 Å². The number of hydrogen-bond donors (Lipinski definition) is 2. The fraction of sp³-hybridized carbons (Fsp3) is 0.857. The molecule has 0 aromatic carbocycles. The standard InChI is InChI=1S/C14H28N2O/c1-2-17-12-8-11-14(16-15)13-9-6-4-3-5-7-10-13/h9,14,16H,2-8,10-12,15H2,1H3. The van der Waals surface area contributed by atoms with Crippen molar-refractivity contribution in [2.45, 2.75) is 64.3 Å². The lowest BCUT2D eigenvalue weighted by Crippen LogP contribution is -2.37. The van der Waals surface area contributed by atoms with Crippen molar-refractivity contribution in [3.8, 4) is 0 Å². The SMILES string of the molecule is CCOCCCC(NN)C1=CCCCCCC1. The molecule has 1 atom stereocenters. The Kier molecular flexibility index (Phi) is 8.32. The van der Waals surface area contributed by atoms with Crippen molar-refractivity contribution in [1.29, 1.82) is 0 Å². The first kappa shape index (κ1) is 14.7. The first-order valence-electron chi connectivity index (χ1n) is 7.11. The monoisotopic (exact) mass is 240 g/mol. The number of nitrogens with one attached hydrogen (secondary N) is 1. The summed E-state index contributed by atoms with van der Waals surface area (Å²) in [5.41, 5.74) is 4.49. The van der Waals surface area contributed by atoms with Crippen LogP contribution in [-0.2, 0) is 4.74 Å². The molecule has 0 aromatic heterocycles. The summed E-state index contributed by atoms with van der Waals surface area (Å²) in [6, 6.07) is 0.355. The van der Waals surface area contributed by atoms with Gasteiger partial charge in [0, 0.05) is 19.3 Å². The highest BCUT2D eigenvalue weighted by atomic mass is 16.5. The molecule has 100 valence electrons. The van der Waals surface area contributed by atoms with E-state index >= 15 is 0 Å². The summed E-state index contributed by atoms with van der Waals surface area (Å²) in [4.78, 5) is 0. The van der Waals surface area contributed by atoms with Crippen LogP contribution in [0.1, 0.15) is 58.3 Å². The average molecular weight is 240 g/mol. The Morgan fingerprint density at radius 3 is 2.94 bits per heavy atom. The summed E-state index contributed by atoms with van der Waals surface area (Å²) in [5, 5.41) is 0.